The molecule has 0 heterocycles. The first-order valence-corrected chi connectivity index (χ1v) is 6.34. The topological polar surface area (TPSA) is 29.1 Å². The van der Waals surface area contributed by atoms with Crippen LogP contribution in [-0.2, 0) is 0 Å². The van der Waals surface area contributed by atoms with E-state index < -0.39 is 0 Å². The maximum absolute atomic E-state index is 11.8. The first-order valence-electron chi connectivity index (χ1n) is 5.55. The van der Waals surface area contributed by atoms with Gasteiger partial charge in [-0.1, -0.05) is 37.2 Å². The highest BCUT2D eigenvalue weighted by molar-refractivity contribution is 9.10. The Balaban J connectivity index is 0.00000256. The molecular formula is C14H22BrNO. The highest BCUT2D eigenvalue weighted by Crippen LogP contribution is 2.11. The summed E-state index contributed by atoms with van der Waals surface area (Å²) in [5.74, 6) is 0.598. The minimum Gasteiger partial charge on any atom is -0.350 e. The van der Waals surface area contributed by atoms with Crippen molar-refractivity contribution in [2.24, 2.45) is 5.92 Å². The third-order valence-electron chi connectivity index (χ3n) is 2.31. The van der Waals surface area contributed by atoms with Crippen molar-refractivity contribution in [3.63, 3.8) is 0 Å². The third-order valence-corrected chi connectivity index (χ3v) is 2.84. The van der Waals surface area contributed by atoms with Gasteiger partial charge in [0.15, 0.2) is 0 Å². The molecular weight excluding hydrogens is 278 g/mol. The molecule has 3 heteroatoms. The zero-order valence-electron chi connectivity index (χ0n) is 9.96. The molecule has 1 rings (SSSR count). The van der Waals surface area contributed by atoms with Crippen molar-refractivity contribution in [1.82, 2.24) is 5.32 Å². The fourth-order valence-corrected chi connectivity index (χ4v) is 1.94. The van der Waals surface area contributed by atoms with E-state index in [0.717, 1.165) is 10.9 Å². The molecule has 0 saturated carbocycles. The number of amides is 1. The molecule has 0 aliphatic heterocycles. The fourth-order valence-electron chi connectivity index (χ4n) is 1.67. The number of carbonyl (C=O) groups excluding carboxylic acids is 1. The summed E-state index contributed by atoms with van der Waals surface area (Å²) in [6.45, 7) is 6.35. The monoisotopic (exact) mass is 299 g/mol. The summed E-state index contributed by atoms with van der Waals surface area (Å²) in [7, 11) is 0. The van der Waals surface area contributed by atoms with Crippen molar-refractivity contribution >= 4 is 21.8 Å². The molecule has 17 heavy (non-hydrogen) atoms. The molecule has 1 aromatic rings. The first kappa shape index (κ1) is 16.2. The van der Waals surface area contributed by atoms with Crippen LogP contribution in [0.1, 0.15) is 45.0 Å². The summed E-state index contributed by atoms with van der Waals surface area (Å²) in [5.41, 5.74) is 0.707. The lowest BCUT2D eigenvalue weighted by Gasteiger charge is -2.15. The van der Waals surface area contributed by atoms with Crippen LogP contribution in [0.25, 0.3) is 0 Å². The molecule has 0 aromatic heterocycles. The van der Waals surface area contributed by atoms with E-state index in [1.54, 1.807) is 0 Å². The van der Waals surface area contributed by atoms with Crippen LogP contribution < -0.4 is 5.32 Å². The maximum atomic E-state index is 11.8. The molecule has 0 unspecified atom stereocenters. The molecule has 0 aliphatic carbocycles. The minimum atomic E-state index is 0. The molecule has 0 saturated heterocycles. The molecule has 1 atom stereocenters. The second-order valence-electron chi connectivity index (χ2n) is 4.51. The van der Waals surface area contributed by atoms with Gasteiger partial charge in [0.25, 0.3) is 5.91 Å². The summed E-state index contributed by atoms with van der Waals surface area (Å²) in [4.78, 5) is 11.8. The summed E-state index contributed by atoms with van der Waals surface area (Å²) in [6.07, 6.45) is 1.00. The Hall–Kier alpha value is -0.830. The first-order chi connectivity index (χ1) is 7.49. The lowest BCUT2D eigenvalue weighted by Crippen LogP contribution is -2.33. The average Bonchev–Trinajstić information content (AvgIpc) is 2.16. The Morgan fingerprint density at radius 3 is 2.24 bits per heavy atom. The van der Waals surface area contributed by atoms with Crippen molar-refractivity contribution < 1.29 is 4.79 Å². The van der Waals surface area contributed by atoms with Gasteiger partial charge in [0.05, 0.1) is 0 Å². The normalized spacial score (nSPS) is 11.8. The molecule has 96 valence electrons. The Morgan fingerprint density at radius 1 is 1.24 bits per heavy atom. The van der Waals surface area contributed by atoms with Gasteiger partial charge < -0.3 is 5.32 Å². The smallest absolute Gasteiger partial charge is 0.251 e. The van der Waals surface area contributed by atoms with Gasteiger partial charge in [-0.2, -0.15) is 0 Å². The standard InChI is InChI=1S/C13H18BrNO.CH4/c1-9(2)8-10(3)15-13(16)11-4-6-12(14)7-5-11;/h4-7,9-10H,8H2,1-3H3,(H,15,16);1H4/t10-;/m1./s1. The van der Waals surface area contributed by atoms with Crippen LogP contribution in [0.3, 0.4) is 0 Å². The number of benzene rings is 1. The van der Waals surface area contributed by atoms with E-state index in [-0.39, 0.29) is 19.4 Å². The van der Waals surface area contributed by atoms with Gasteiger partial charge in [-0.05, 0) is 43.5 Å². The number of halogens is 1. The SMILES string of the molecule is C.CC(C)C[C@@H](C)NC(=O)c1ccc(Br)cc1. The van der Waals surface area contributed by atoms with E-state index in [1.807, 2.05) is 31.2 Å². The molecule has 0 bridgehead atoms. The summed E-state index contributed by atoms with van der Waals surface area (Å²) in [5, 5.41) is 2.99. The number of nitrogens with one attached hydrogen (secondary N) is 1. The van der Waals surface area contributed by atoms with Crippen LogP contribution in [0.4, 0.5) is 0 Å². The van der Waals surface area contributed by atoms with Crippen LogP contribution in [0.2, 0.25) is 0 Å². The van der Waals surface area contributed by atoms with E-state index in [0.29, 0.717) is 11.5 Å². The average molecular weight is 300 g/mol. The van der Waals surface area contributed by atoms with Crippen molar-refractivity contribution in [2.45, 2.75) is 40.7 Å². The van der Waals surface area contributed by atoms with Crippen molar-refractivity contribution in [2.75, 3.05) is 0 Å². The van der Waals surface area contributed by atoms with Crippen LogP contribution >= 0.6 is 15.9 Å². The molecule has 1 N–H and O–H groups in total. The van der Waals surface area contributed by atoms with E-state index >= 15 is 0 Å². The van der Waals surface area contributed by atoms with Gasteiger partial charge >= 0.3 is 0 Å². The van der Waals surface area contributed by atoms with E-state index in [4.69, 9.17) is 0 Å². The number of hydrogen-bond donors (Lipinski definition) is 1. The number of rotatable bonds is 4. The zero-order valence-corrected chi connectivity index (χ0v) is 11.5. The largest absolute Gasteiger partial charge is 0.350 e. The third kappa shape index (κ3) is 5.87. The Labute approximate surface area is 113 Å². The van der Waals surface area contributed by atoms with Gasteiger partial charge in [-0.25, -0.2) is 0 Å². The Kier molecular flexibility index (Phi) is 7.12. The van der Waals surface area contributed by atoms with Gasteiger partial charge in [0.1, 0.15) is 0 Å². The molecule has 0 fully saturated rings. The van der Waals surface area contributed by atoms with E-state index in [2.05, 4.69) is 35.1 Å². The lowest BCUT2D eigenvalue weighted by molar-refractivity contribution is 0.0936. The molecule has 0 radical (unpaired) electrons. The predicted molar refractivity (Wildman–Crippen MR) is 77.3 cm³/mol. The van der Waals surface area contributed by atoms with E-state index in [1.165, 1.54) is 0 Å². The Bertz CT molecular complexity index is 346. The Morgan fingerprint density at radius 2 is 1.76 bits per heavy atom. The summed E-state index contributed by atoms with van der Waals surface area (Å²) in [6, 6.07) is 7.61. The minimum absolute atomic E-state index is 0. The van der Waals surface area contributed by atoms with Crippen LogP contribution in [0.5, 0.6) is 0 Å². The predicted octanol–water partition coefficient (Wildman–Crippen LogP) is 4.25. The lowest BCUT2D eigenvalue weighted by atomic mass is 10.0. The summed E-state index contributed by atoms with van der Waals surface area (Å²) >= 11 is 3.35. The molecule has 0 aliphatic rings. The highest BCUT2D eigenvalue weighted by Gasteiger charge is 2.10. The van der Waals surface area contributed by atoms with Crippen molar-refractivity contribution in [3.8, 4) is 0 Å². The van der Waals surface area contributed by atoms with E-state index in [9.17, 15) is 4.79 Å². The van der Waals surface area contributed by atoms with Gasteiger partial charge in [-0.15, -0.1) is 0 Å². The second kappa shape index (κ2) is 7.49. The zero-order chi connectivity index (χ0) is 12.1. The highest BCUT2D eigenvalue weighted by atomic mass is 79.9. The fraction of sp³-hybridized carbons (Fsp3) is 0.500. The van der Waals surface area contributed by atoms with Gasteiger partial charge in [-0.3, -0.25) is 4.79 Å². The van der Waals surface area contributed by atoms with Crippen LogP contribution in [0, 0.1) is 5.92 Å². The van der Waals surface area contributed by atoms with Crippen LogP contribution in [-0.4, -0.2) is 11.9 Å². The van der Waals surface area contributed by atoms with Crippen LogP contribution in [0.15, 0.2) is 28.7 Å². The quantitative estimate of drug-likeness (QED) is 0.885. The molecule has 1 amide bonds. The number of hydrogen-bond acceptors (Lipinski definition) is 1. The molecule has 0 spiro atoms. The molecule has 2 nitrogen and oxygen atoms in total. The summed E-state index contributed by atoms with van der Waals surface area (Å²) < 4.78 is 0.985. The molecule has 1 aromatic carbocycles. The van der Waals surface area contributed by atoms with Gasteiger partial charge in [0.2, 0.25) is 0 Å². The van der Waals surface area contributed by atoms with Gasteiger partial charge in [0, 0.05) is 16.1 Å². The maximum Gasteiger partial charge on any atom is 0.251 e. The second-order valence-corrected chi connectivity index (χ2v) is 5.43. The van der Waals surface area contributed by atoms with Crippen molar-refractivity contribution in [1.29, 1.82) is 0 Å². The van der Waals surface area contributed by atoms with Crippen molar-refractivity contribution in [3.05, 3.63) is 34.3 Å². The number of carbonyl (C=O) groups is 1.